The van der Waals surface area contributed by atoms with Crippen LogP contribution in [0.15, 0.2) is 22.7 Å². The van der Waals surface area contributed by atoms with Crippen molar-refractivity contribution in [1.82, 2.24) is 4.90 Å². The van der Waals surface area contributed by atoms with Crippen molar-refractivity contribution in [1.29, 1.82) is 0 Å². The lowest BCUT2D eigenvalue weighted by molar-refractivity contribution is -0.140. The third-order valence-corrected chi connectivity index (χ3v) is 3.37. The number of carboxylic acids is 1. The second kappa shape index (κ2) is 7.63. The van der Waals surface area contributed by atoms with Gasteiger partial charge in [-0.15, -0.1) is 0 Å². The average Bonchev–Trinajstić information content (AvgIpc) is 2.46. The van der Waals surface area contributed by atoms with Crippen LogP contribution in [0.5, 0.6) is 0 Å². The van der Waals surface area contributed by atoms with Gasteiger partial charge in [0.05, 0.1) is 24.8 Å². The van der Waals surface area contributed by atoms with E-state index in [1.165, 1.54) is 37.3 Å². The number of anilines is 1. The number of ether oxygens (including phenoxy) is 1. The van der Waals surface area contributed by atoms with E-state index in [0.29, 0.717) is 10.2 Å². The molecule has 8 heteroatoms. The number of carbonyl (C=O) groups excluding carboxylic acids is 2. The minimum atomic E-state index is -1.09. The van der Waals surface area contributed by atoms with Gasteiger partial charge in [0.2, 0.25) is 0 Å². The molecule has 0 atom stereocenters. The summed E-state index contributed by atoms with van der Waals surface area (Å²) in [5.41, 5.74) is 0.399. The highest BCUT2D eigenvalue weighted by molar-refractivity contribution is 9.10. The van der Waals surface area contributed by atoms with E-state index in [2.05, 4.69) is 26.0 Å². The van der Waals surface area contributed by atoms with Crippen LogP contribution in [0.3, 0.4) is 0 Å². The number of hydrogen-bond donors (Lipinski definition) is 2. The number of hydrogen-bond acceptors (Lipinski definition) is 4. The van der Waals surface area contributed by atoms with Gasteiger partial charge >= 0.3 is 18.0 Å². The molecule has 0 saturated carbocycles. The number of nitrogens with zero attached hydrogens (tertiary/aromatic N) is 1. The Morgan fingerprint density at radius 3 is 2.62 bits per heavy atom. The fourth-order valence-electron chi connectivity index (χ4n) is 1.43. The molecule has 0 saturated heterocycles. The number of carboxylic acid groups (broad SMARTS) is 1. The zero-order valence-corrected chi connectivity index (χ0v) is 13.1. The summed E-state index contributed by atoms with van der Waals surface area (Å²) in [6, 6.07) is 3.84. The van der Waals surface area contributed by atoms with Crippen molar-refractivity contribution >= 4 is 39.6 Å². The largest absolute Gasteiger partial charge is 0.478 e. The molecule has 0 radical (unpaired) electrons. The Bertz CT molecular complexity index is 561. The second-order valence-corrected chi connectivity index (χ2v) is 5.03. The van der Waals surface area contributed by atoms with E-state index < -0.39 is 18.0 Å². The highest BCUT2D eigenvalue weighted by Gasteiger charge is 2.14. The van der Waals surface area contributed by atoms with Crippen LogP contribution in [0.1, 0.15) is 16.8 Å². The smallest absolute Gasteiger partial charge is 0.335 e. The summed E-state index contributed by atoms with van der Waals surface area (Å²) in [5.74, 6) is -1.50. The SMILES string of the molecule is COC(=O)CCN(C)C(=O)Nc1cc(C(=O)O)ccc1Br. The van der Waals surface area contributed by atoms with Gasteiger partial charge < -0.3 is 20.1 Å². The summed E-state index contributed by atoms with van der Waals surface area (Å²) < 4.78 is 5.05. The van der Waals surface area contributed by atoms with E-state index in [1.807, 2.05) is 0 Å². The molecule has 0 aliphatic rings. The van der Waals surface area contributed by atoms with E-state index in [1.54, 1.807) is 0 Å². The normalized spacial score (nSPS) is 9.86. The van der Waals surface area contributed by atoms with Gasteiger partial charge in [-0.05, 0) is 34.1 Å². The third kappa shape index (κ3) is 5.07. The summed E-state index contributed by atoms with van der Waals surface area (Å²) in [6.45, 7) is 0.189. The van der Waals surface area contributed by atoms with Crippen LogP contribution in [-0.4, -0.2) is 48.7 Å². The van der Waals surface area contributed by atoms with Crippen LogP contribution in [0.25, 0.3) is 0 Å². The summed E-state index contributed by atoms with van der Waals surface area (Å²) in [6.07, 6.45) is 0.0801. The van der Waals surface area contributed by atoms with E-state index in [9.17, 15) is 14.4 Å². The van der Waals surface area contributed by atoms with E-state index in [4.69, 9.17) is 5.11 Å². The number of aromatic carboxylic acids is 1. The Hall–Kier alpha value is -2.09. The molecule has 1 aromatic rings. The van der Waals surface area contributed by atoms with Crippen LogP contribution in [0, 0.1) is 0 Å². The molecule has 0 heterocycles. The molecule has 114 valence electrons. The van der Waals surface area contributed by atoms with E-state index >= 15 is 0 Å². The molecule has 21 heavy (non-hydrogen) atoms. The van der Waals surface area contributed by atoms with Crippen molar-refractivity contribution in [3.05, 3.63) is 28.2 Å². The number of methoxy groups -OCH3 is 1. The first-order chi connectivity index (χ1) is 9.85. The third-order valence-electron chi connectivity index (χ3n) is 2.68. The quantitative estimate of drug-likeness (QED) is 0.786. The van der Waals surface area contributed by atoms with Crippen molar-refractivity contribution in [3.8, 4) is 0 Å². The Balaban J connectivity index is 2.71. The fourth-order valence-corrected chi connectivity index (χ4v) is 1.77. The highest BCUT2D eigenvalue weighted by atomic mass is 79.9. The van der Waals surface area contributed by atoms with Crippen molar-refractivity contribution in [2.24, 2.45) is 0 Å². The molecule has 2 amide bonds. The number of nitrogens with one attached hydrogen (secondary N) is 1. The van der Waals surface area contributed by atoms with Crippen LogP contribution in [-0.2, 0) is 9.53 Å². The van der Waals surface area contributed by atoms with Crippen LogP contribution >= 0.6 is 15.9 Å². The maximum absolute atomic E-state index is 11.9. The van der Waals surface area contributed by atoms with Gasteiger partial charge in [0, 0.05) is 18.1 Å². The minimum absolute atomic E-state index is 0.0608. The van der Waals surface area contributed by atoms with Gasteiger partial charge in [0.15, 0.2) is 0 Å². The van der Waals surface area contributed by atoms with E-state index in [0.717, 1.165) is 0 Å². The number of benzene rings is 1. The second-order valence-electron chi connectivity index (χ2n) is 4.18. The Morgan fingerprint density at radius 1 is 1.38 bits per heavy atom. The number of carbonyl (C=O) groups is 3. The molecule has 0 aromatic heterocycles. The topological polar surface area (TPSA) is 95.9 Å². The summed E-state index contributed by atoms with van der Waals surface area (Å²) in [4.78, 5) is 35.2. The summed E-state index contributed by atoms with van der Waals surface area (Å²) in [7, 11) is 2.80. The molecule has 1 aromatic carbocycles. The van der Waals surface area contributed by atoms with Gasteiger partial charge in [-0.3, -0.25) is 4.79 Å². The van der Waals surface area contributed by atoms with Crippen LogP contribution < -0.4 is 5.32 Å². The maximum atomic E-state index is 11.9. The van der Waals surface area contributed by atoms with Gasteiger partial charge in [0.1, 0.15) is 0 Å². The molecular weight excluding hydrogens is 344 g/mol. The molecule has 0 unspecified atom stereocenters. The van der Waals surface area contributed by atoms with Crippen LogP contribution in [0.4, 0.5) is 10.5 Å². The monoisotopic (exact) mass is 358 g/mol. The molecule has 7 nitrogen and oxygen atoms in total. The lowest BCUT2D eigenvalue weighted by atomic mass is 10.2. The Kier molecular flexibility index (Phi) is 6.16. The van der Waals surface area contributed by atoms with E-state index in [-0.39, 0.29) is 18.5 Å². The van der Waals surface area contributed by atoms with Crippen molar-refractivity contribution in [2.75, 3.05) is 26.0 Å². The molecule has 0 aliphatic carbocycles. The number of esters is 1. The van der Waals surface area contributed by atoms with Gasteiger partial charge in [-0.2, -0.15) is 0 Å². The molecule has 1 rings (SSSR count). The van der Waals surface area contributed by atoms with Gasteiger partial charge in [-0.1, -0.05) is 0 Å². The molecule has 2 N–H and O–H groups in total. The first-order valence-electron chi connectivity index (χ1n) is 5.97. The van der Waals surface area contributed by atoms with Gasteiger partial charge in [-0.25, -0.2) is 9.59 Å². The summed E-state index contributed by atoms with van der Waals surface area (Å²) >= 11 is 3.23. The number of urea groups is 1. The molecule has 0 spiro atoms. The zero-order chi connectivity index (χ0) is 16.0. The van der Waals surface area contributed by atoms with Crippen molar-refractivity contribution in [3.63, 3.8) is 0 Å². The number of rotatable bonds is 5. The van der Waals surface area contributed by atoms with Gasteiger partial charge in [0.25, 0.3) is 0 Å². The number of halogens is 1. The van der Waals surface area contributed by atoms with Crippen molar-refractivity contribution < 1.29 is 24.2 Å². The first-order valence-corrected chi connectivity index (χ1v) is 6.76. The maximum Gasteiger partial charge on any atom is 0.335 e. The van der Waals surface area contributed by atoms with Crippen molar-refractivity contribution in [2.45, 2.75) is 6.42 Å². The highest BCUT2D eigenvalue weighted by Crippen LogP contribution is 2.24. The predicted molar refractivity (Wildman–Crippen MR) is 79.4 cm³/mol. The molecule has 0 aliphatic heterocycles. The standard InChI is InChI=1S/C13H15BrN2O5/c1-16(6-5-11(17)21-2)13(20)15-10-7-8(12(18)19)3-4-9(10)14/h3-4,7H,5-6H2,1-2H3,(H,15,20)(H,18,19). The Morgan fingerprint density at radius 2 is 2.05 bits per heavy atom. The first kappa shape index (κ1) is 17.0. The Labute approximate surface area is 130 Å². The van der Waals surface area contributed by atoms with Crippen LogP contribution in [0.2, 0.25) is 0 Å². The fraction of sp³-hybridized carbons (Fsp3) is 0.308. The lowest BCUT2D eigenvalue weighted by Crippen LogP contribution is -2.33. The predicted octanol–water partition coefficient (Wildman–Crippen LogP) is 2.17. The molecular formula is C13H15BrN2O5. The number of amides is 2. The minimum Gasteiger partial charge on any atom is -0.478 e. The zero-order valence-electron chi connectivity index (χ0n) is 11.6. The molecule has 0 bridgehead atoms. The lowest BCUT2D eigenvalue weighted by Gasteiger charge is -2.18. The average molecular weight is 359 g/mol. The summed E-state index contributed by atoms with van der Waals surface area (Å²) in [5, 5.41) is 11.5. The molecule has 0 fully saturated rings.